The first-order valence-corrected chi connectivity index (χ1v) is 9.14. The number of aryl methyl sites for hydroxylation is 1. The van der Waals surface area contributed by atoms with Gasteiger partial charge >= 0.3 is 0 Å². The second-order valence-corrected chi connectivity index (χ2v) is 7.00. The number of hydrogen-bond acceptors (Lipinski definition) is 6. The highest BCUT2D eigenvalue weighted by atomic mass is 35.5. The van der Waals surface area contributed by atoms with Crippen LogP contribution >= 0.6 is 35.0 Å². The fourth-order valence-electron chi connectivity index (χ4n) is 2.05. The second kappa shape index (κ2) is 7.95. The lowest BCUT2D eigenvalue weighted by Crippen LogP contribution is -2.14. The van der Waals surface area contributed by atoms with Crippen molar-refractivity contribution in [3.8, 4) is 11.3 Å². The Bertz CT molecular complexity index is 894. The van der Waals surface area contributed by atoms with Gasteiger partial charge in [-0.2, -0.15) is 0 Å². The van der Waals surface area contributed by atoms with Gasteiger partial charge in [0.2, 0.25) is 5.91 Å². The third kappa shape index (κ3) is 4.78. The summed E-state index contributed by atoms with van der Waals surface area (Å²) in [4.78, 5) is 11.8. The summed E-state index contributed by atoms with van der Waals surface area (Å²) in [6.07, 6.45) is 0. The number of nitrogens with zero attached hydrogens (tertiary/aromatic N) is 2. The smallest absolute Gasteiger partial charge is 0.235 e. The van der Waals surface area contributed by atoms with Crippen molar-refractivity contribution in [2.75, 3.05) is 11.1 Å². The van der Waals surface area contributed by atoms with Crippen LogP contribution in [0.4, 0.5) is 5.82 Å². The highest BCUT2D eigenvalue weighted by Crippen LogP contribution is 2.30. The number of halogens is 2. The number of aromatic nitrogens is 2. The molecule has 0 saturated heterocycles. The Morgan fingerprint density at radius 3 is 2.76 bits per heavy atom. The number of carbonyl (C=O) groups is 1. The van der Waals surface area contributed by atoms with Crippen LogP contribution in [0.15, 0.2) is 39.4 Å². The highest BCUT2D eigenvalue weighted by molar-refractivity contribution is 7.99. The van der Waals surface area contributed by atoms with E-state index in [2.05, 4.69) is 15.6 Å². The highest BCUT2D eigenvalue weighted by Gasteiger charge is 2.12. The summed E-state index contributed by atoms with van der Waals surface area (Å²) in [7, 11) is 0. The van der Waals surface area contributed by atoms with Gasteiger partial charge in [0, 0.05) is 22.7 Å². The third-order valence-corrected chi connectivity index (χ3v) is 4.64. The zero-order chi connectivity index (χ0) is 17.8. The van der Waals surface area contributed by atoms with Gasteiger partial charge < -0.3 is 14.4 Å². The van der Waals surface area contributed by atoms with Crippen LogP contribution in [-0.2, 0) is 10.5 Å². The van der Waals surface area contributed by atoms with Gasteiger partial charge in [0.1, 0.15) is 17.2 Å². The van der Waals surface area contributed by atoms with E-state index in [1.807, 2.05) is 0 Å². The van der Waals surface area contributed by atoms with Crippen molar-refractivity contribution >= 4 is 46.7 Å². The number of nitrogens with one attached hydrogen (secondary N) is 1. The summed E-state index contributed by atoms with van der Waals surface area (Å²) in [5, 5.41) is 11.4. The molecule has 0 fully saturated rings. The summed E-state index contributed by atoms with van der Waals surface area (Å²) >= 11 is 13.4. The molecule has 130 valence electrons. The molecule has 0 unspecified atom stereocenters. The lowest BCUT2D eigenvalue weighted by molar-refractivity contribution is -0.113. The number of carbonyl (C=O) groups excluding carboxylic acids is 1. The van der Waals surface area contributed by atoms with Crippen molar-refractivity contribution in [2.45, 2.75) is 12.7 Å². The molecule has 0 aliphatic rings. The van der Waals surface area contributed by atoms with Gasteiger partial charge in [0.15, 0.2) is 5.82 Å². The van der Waals surface area contributed by atoms with Crippen LogP contribution in [0.5, 0.6) is 0 Å². The minimum absolute atomic E-state index is 0.168. The van der Waals surface area contributed by atoms with Crippen molar-refractivity contribution in [1.82, 2.24) is 10.3 Å². The van der Waals surface area contributed by atoms with E-state index < -0.39 is 0 Å². The molecule has 3 aromatic rings. The van der Waals surface area contributed by atoms with Gasteiger partial charge in [-0.1, -0.05) is 33.5 Å². The fourth-order valence-corrected chi connectivity index (χ4v) is 3.26. The SMILES string of the molecule is Cc1cc(NC(=O)CSCc2cc(-c3ccc(Cl)cc3Cl)no2)no1. The number of benzene rings is 1. The molecule has 2 aromatic heterocycles. The Labute approximate surface area is 157 Å². The van der Waals surface area contributed by atoms with Crippen molar-refractivity contribution < 1.29 is 13.8 Å². The summed E-state index contributed by atoms with van der Waals surface area (Å²) < 4.78 is 10.2. The van der Waals surface area contributed by atoms with Crippen molar-refractivity contribution in [2.24, 2.45) is 0 Å². The predicted octanol–water partition coefficient (Wildman–Crippen LogP) is 4.82. The van der Waals surface area contributed by atoms with Crippen molar-refractivity contribution in [3.05, 3.63) is 51.9 Å². The first-order valence-electron chi connectivity index (χ1n) is 7.23. The molecule has 0 spiro atoms. The molecule has 1 aromatic carbocycles. The maximum atomic E-state index is 11.8. The van der Waals surface area contributed by atoms with E-state index >= 15 is 0 Å². The summed E-state index contributed by atoms with van der Waals surface area (Å²) in [5.41, 5.74) is 1.37. The van der Waals surface area contributed by atoms with E-state index in [0.717, 1.165) is 5.56 Å². The summed E-state index contributed by atoms with van der Waals surface area (Å²) in [6.45, 7) is 1.76. The molecule has 0 aliphatic carbocycles. The Balaban J connectivity index is 1.52. The Kier molecular flexibility index (Phi) is 5.67. The first-order chi connectivity index (χ1) is 12.0. The molecule has 6 nitrogen and oxygen atoms in total. The molecule has 0 aliphatic heterocycles. The van der Waals surface area contributed by atoms with E-state index in [9.17, 15) is 4.79 Å². The van der Waals surface area contributed by atoms with Gasteiger partial charge in [0.05, 0.1) is 16.5 Å². The molecule has 0 radical (unpaired) electrons. The Morgan fingerprint density at radius 1 is 1.20 bits per heavy atom. The van der Waals surface area contributed by atoms with E-state index in [1.54, 1.807) is 37.3 Å². The van der Waals surface area contributed by atoms with Gasteiger partial charge in [-0.3, -0.25) is 4.79 Å². The standard InChI is InChI=1S/C16H13Cl2N3O3S/c1-9-4-15(21-23-9)19-16(22)8-25-7-11-6-14(20-24-11)12-3-2-10(17)5-13(12)18/h2-6H,7-8H2,1H3,(H,19,21,22). The first kappa shape index (κ1) is 17.8. The maximum Gasteiger partial charge on any atom is 0.235 e. The zero-order valence-electron chi connectivity index (χ0n) is 13.1. The van der Waals surface area contributed by atoms with Gasteiger partial charge in [-0.15, -0.1) is 11.8 Å². The molecular formula is C16H13Cl2N3O3S. The van der Waals surface area contributed by atoms with Crippen LogP contribution in [-0.4, -0.2) is 22.0 Å². The Hall–Kier alpha value is -1.96. The summed E-state index contributed by atoms with van der Waals surface area (Å²) in [5.74, 6) is 2.28. The molecular weight excluding hydrogens is 385 g/mol. The lowest BCUT2D eigenvalue weighted by Gasteiger charge is -2.00. The number of amides is 1. The van der Waals surface area contributed by atoms with Crippen LogP contribution in [0.25, 0.3) is 11.3 Å². The molecule has 0 bridgehead atoms. The van der Waals surface area contributed by atoms with E-state index in [1.165, 1.54) is 11.8 Å². The number of rotatable bonds is 6. The topological polar surface area (TPSA) is 81.2 Å². The third-order valence-electron chi connectivity index (χ3n) is 3.14. The van der Waals surface area contributed by atoms with Gasteiger partial charge in [0.25, 0.3) is 0 Å². The quantitative estimate of drug-likeness (QED) is 0.641. The summed E-state index contributed by atoms with van der Waals surface area (Å²) in [6, 6.07) is 8.62. The minimum atomic E-state index is -0.168. The fraction of sp³-hybridized carbons (Fsp3) is 0.188. The zero-order valence-corrected chi connectivity index (χ0v) is 15.4. The van der Waals surface area contributed by atoms with E-state index in [4.69, 9.17) is 32.2 Å². The minimum Gasteiger partial charge on any atom is -0.360 e. The Morgan fingerprint density at radius 2 is 2.04 bits per heavy atom. The molecule has 1 amide bonds. The van der Waals surface area contributed by atoms with Crippen LogP contribution < -0.4 is 5.32 Å². The molecule has 9 heteroatoms. The van der Waals surface area contributed by atoms with Gasteiger partial charge in [-0.05, 0) is 25.1 Å². The molecule has 25 heavy (non-hydrogen) atoms. The number of thioether (sulfide) groups is 1. The van der Waals surface area contributed by atoms with Crippen LogP contribution in [0.2, 0.25) is 10.0 Å². The molecule has 2 heterocycles. The van der Waals surface area contributed by atoms with Gasteiger partial charge in [-0.25, -0.2) is 0 Å². The number of anilines is 1. The predicted molar refractivity (Wildman–Crippen MR) is 98.0 cm³/mol. The average Bonchev–Trinajstić information content (AvgIpc) is 3.17. The molecule has 1 N–H and O–H groups in total. The largest absolute Gasteiger partial charge is 0.360 e. The maximum absolute atomic E-state index is 11.8. The van der Waals surface area contributed by atoms with Crippen LogP contribution in [0, 0.1) is 6.92 Å². The normalized spacial score (nSPS) is 10.8. The monoisotopic (exact) mass is 397 g/mol. The number of hydrogen-bond donors (Lipinski definition) is 1. The molecule has 0 saturated carbocycles. The molecule has 3 rings (SSSR count). The average molecular weight is 398 g/mol. The van der Waals surface area contributed by atoms with Crippen LogP contribution in [0.3, 0.4) is 0 Å². The lowest BCUT2D eigenvalue weighted by atomic mass is 10.1. The van der Waals surface area contributed by atoms with Crippen LogP contribution in [0.1, 0.15) is 11.5 Å². The van der Waals surface area contributed by atoms with E-state index in [0.29, 0.717) is 38.8 Å². The van der Waals surface area contributed by atoms with E-state index in [-0.39, 0.29) is 11.7 Å². The molecule has 0 atom stereocenters. The van der Waals surface area contributed by atoms with Crippen molar-refractivity contribution in [3.63, 3.8) is 0 Å². The van der Waals surface area contributed by atoms with Crippen molar-refractivity contribution in [1.29, 1.82) is 0 Å². The second-order valence-electron chi connectivity index (χ2n) is 5.17.